The number of rotatable bonds is 5. The molecule has 0 amide bonds. The molecule has 1 heterocycles. The number of aromatic amines is 1. The van der Waals surface area contributed by atoms with E-state index in [1.165, 1.54) is 13.3 Å². The summed E-state index contributed by atoms with van der Waals surface area (Å²) in [5.74, 6) is -0.466. The van der Waals surface area contributed by atoms with Crippen LogP contribution >= 0.6 is 0 Å². The first-order valence-corrected chi connectivity index (χ1v) is 6.02. The molecule has 7 nitrogen and oxygen atoms in total. The minimum absolute atomic E-state index is 0.000370. The molecular formula is C8H13N3O4S. The molecular weight excluding hydrogens is 234 g/mol. The SMILES string of the molecule is COC(=O)CCNS(=O)(=O)c1cn[nH]c1C. The summed E-state index contributed by atoms with van der Waals surface area (Å²) in [5, 5.41) is 6.14. The number of carbonyl (C=O) groups is 1. The molecule has 1 aromatic heterocycles. The van der Waals surface area contributed by atoms with Crippen LogP contribution in [0.25, 0.3) is 0 Å². The van der Waals surface area contributed by atoms with Gasteiger partial charge >= 0.3 is 5.97 Å². The summed E-state index contributed by atoms with van der Waals surface area (Å²) in [7, 11) is -2.36. The summed E-state index contributed by atoms with van der Waals surface area (Å²) < 4.78 is 30.0. The van der Waals surface area contributed by atoms with Crippen molar-refractivity contribution in [1.82, 2.24) is 14.9 Å². The second kappa shape index (κ2) is 5.08. The minimum Gasteiger partial charge on any atom is -0.469 e. The standard InChI is InChI=1S/C8H13N3O4S/c1-6-7(5-9-11-6)16(13,14)10-4-3-8(12)15-2/h5,10H,3-4H2,1-2H3,(H,9,11). The van der Waals surface area contributed by atoms with E-state index in [0.717, 1.165) is 0 Å². The molecule has 0 aliphatic carbocycles. The van der Waals surface area contributed by atoms with Crippen LogP contribution in [0.4, 0.5) is 0 Å². The molecule has 0 radical (unpaired) electrons. The van der Waals surface area contributed by atoms with Crippen LogP contribution < -0.4 is 4.72 Å². The number of esters is 1. The molecule has 0 aromatic carbocycles. The van der Waals surface area contributed by atoms with E-state index in [-0.39, 0.29) is 17.9 Å². The molecule has 0 spiro atoms. The van der Waals surface area contributed by atoms with Crippen LogP contribution in [-0.4, -0.2) is 38.2 Å². The molecule has 0 saturated heterocycles. The third-order valence-electron chi connectivity index (χ3n) is 1.92. The summed E-state index contributed by atoms with van der Waals surface area (Å²) in [6.45, 7) is 1.60. The second-order valence-electron chi connectivity index (χ2n) is 3.08. The predicted octanol–water partition coefficient (Wildman–Crippen LogP) is -0.440. The molecule has 0 atom stereocenters. The smallest absolute Gasteiger partial charge is 0.306 e. The quantitative estimate of drug-likeness (QED) is 0.687. The highest BCUT2D eigenvalue weighted by atomic mass is 32.2. The van der Waals surface area contributed by atoms with Crippen molar-refractivity contribution >= 4 is 16.0 Å². The molecule has 0 bridgehead atoms. The van der Waals surface area contributed by atoms with Gasteiger partial charge in [0.25, 0.3) is 0 Å². The molecule has 0 aliphatic rings. The van der Waals surface area contributed by atoms with Gasteiger partial charge in [0.15, 0.2) is 0 Å². The van der Waals surface area contributed by atoms with E-state index in [2.05, 4.69) is 19.7 Å². The van der Waals surface area contributed by atoms with Gasteiger partial charge in [0.05, 0.1) is 25.4 Å². The van der Waals surface area contributed by atoms with Gasteiger partial charge in [-0.2, -0.15) is 5.10 Å². The van der Waals surface area contributed by atoms with Crippen LogP contribution in [0.1, 0.15) is 12.1 Å². The Morgan fingerprint density at radius 2 is 2.31 bits per heavy atom. The van der Waals surface area contributed by atoms with E-state index < -0.39 is 16.0 Å². The van der Waals surface area contributed by atoms with Crippen molar-refractivity contribution in [2.75, 3.05) is 13.7 Å². The number of methoxy groups -OCH3 is 1. The van der Waals surface area contributed by atoms with Crippen molar-refractivity contribution in [2.45, 2.75) is 18.2 Å². The Kier molecular flexibility index (Phi) is 4.02. The van der Waals surface area contributed by atoms with E-state index >= 15 is 0 Å². The fraction of sp³-hybridized carbons (Fsp3) is 0.500. The van der Waals surface area contributed by atoms with Gasteiger partial charge in [-0.25, -0.2) is 13.1 Å². The van der Waals surface area contributed by atoms with Gasteiger partial charge in [0, 0.05) is 6.54 Å². The van der Waals surface area contributed by atoms with Crippen molar-refractivity contribution in [3.8, 4) is 0 Å². The zero-order chi connectivity index (χ0) is 12.2. The van der Waals surface area contributed by atoms with Crippen LogP contribution in [0.5, 0.6) is 0 Å². The normalized spacial score (nSPS) is 11.4. The van der Waals surface area contributed by atoms with Gasteiger partial charge < -0.3 is 4.74 Å². The summed E-state index contributed by atoms with van der Waals surface area (Å²) in [6, 6.07) is 0. The number of aryl methyl sites for hydroxylation is 1. The fourth-order valence-corrected chi connectivity index (χ4v) is 2.24. The molecule has 1 aromatic rings. The molecule has 8 heteroatoms. The van der Waals surface area contributed by atoms with Crippen LogP contribution in [0.3, 0.4) is 0 Å². The summed E-state index contributed by atoms with van der Waals surface area (Å²) in [6.07, 6.45) is 1.21. The minimum atomic E-state index is -3.60. The third-order valence-corrected chi connectivity index (χ3v) is 3.50. The molecule has 16 heavy (non-hydrogen) atoms. The summed E-state index contributed by atoms with van der Waals surface area (Å²) >= 11 is 0. The van der Waals surface area contributed by atoms with Crippen LogP contribution in [-0.2, 0) is 19.6 Å². The predicted molar refractivity (Wildman–Crippen MR) is 55.1 cm³/mol. The largest absolute Gasteiger partial charge is 0.469 e. The zero-order valence-corrected chi connectivity index (χ0v) is 9.80. The van der Waals surface area contributed by atoms with Gasteiger partial charge in [-0.15, -0.1) is 0 Å². The summed E-state index contributed by atoms with van der Waals surface area (Å²) in [4.78, 5) is 10.9. The Labute approximate surface area is 93.2 Å². The van der Waals surface area contributed by atoms with Gasteiger partial charge in [0.2, 0.25) is 10.0 Å². The van der Waals surface area contributed by atoms with E-state index in [1.54, 1.807) is 6.92 Å². The summed E-state index contributed by atoms with van der Waals surface area (Å²) in [5.41, 5.74) is 0.450. The lowest BCUT2D eigenvalue weighted by atomic mass is 10.4. The van der Waals surface area contributed by atoms with E-state index in [0.29, 0.717) is 5.69 Å². The van der Waals surface area contributed by atoms with Crippen molar-refractivity contribution in [3.05, 3.63) is 11.9 Å². The Morgan fingerprint density at radius 1 is 1.62 bits per heavy atom. The number of carbonyl (C=O) groups excluding carboxylic acids is 1. The number of nitrogens with zero attached hydrogens (tertiary/aromatic N) is 1. The molecule has 0 unspecified atom stereocenters. The maximum absolute atomic E-state index is 11.7. The first-order chi connectivity index (χ1) is 7.47. The lowest BCUT2D eigenvalue weighted by molar-refractivity contribution is -0.140. The van der Waals surface area contributed by atoms with Crippen molar-refractivity contribution in [1.29, 1.82) is 0 Å². The Hall–Kier alpha value is -1.41. The highest BCUT2D eigenvalue weighted by Crippen LogP contribution is 2.10. The number of aromatic nitrogens is 2. The number of H-pyrrole nitrogens is 1. The Morgan fingerprint density at radius 3 is 2.81 bits per heavy atom. The van der Waals surface area contributed by atoms with E-state index in [9.17, 15) is 13.2 Å². The van der Waals surface area contributed by atoms with Crippen molar-refractivity contribution in [3.63, 3.8) is 0 Å². The number of nitrogens with one attached hydrogen (secondary N) is 2. The topological polar surface area (TPSA) is 101 Å². The molecule has 0 saturated carbocycles. The lowest BCUT2D eigenvalue weighted by Gasteiger charge is -2.04. The van der Waals surface area contributed by atoms with Gasteiger partial charge in [-0.05, 0) is 6.92 Å². The second-order valence-corrected chi connectivity index (χ2v) is 4.82. The third kappa shape index (κ3) is 3.04. The molecule has 2 N–H and O–H groups in total. The first kappa shape index (κ1) is 12.7. The van der Waals surface area contributed by atoms with Crippen molar-refractivity contribution in [2.24, 2.45) is 0 Å². The number of hydrogen-bond donors (Lipinski definition) is 2. The molecule has 0 fully saturated rings. The van der Waals surface area contributed by atoms with Crippen molar-refractivity contribution < 1.29 is 17.9 Å². The number of sulfonamides is 1. The highest BCUT2D eigenvalue weighted by Gasteiger charge is 2.18. The van der Waals surface area contributed by atoms with Crippen LogP contribution in [0.15, 0.2) is 11.1 Å². The molecule has 1 rings (SSSR count). The van der Waals surface area contributed by atoms with Gasteiger partial charge in [0.1, 0.15) is 4.90 Å². The van der Waals surface area contributed by atoms with Crippen LogP contribution in [0, 0.1) is 6.92 Å². The van der Waals surface area contributed by atoms with E-state index in [1.807, 2.05) is 0 Å². The highest BCUT2D eigenvalue weighted by molar-refractivity contribution is 7.89. The average Bonchev–Trinajstić information content (AvgIpc) is 2.64. The van der Waals surface area contributed by atoms with E-state index in [4.69, 9.17) is 0 Å². The van der Waals surface area contributed by atoms with Gasteiger partial charge in [-0.1, -0.05) is 0 Å². The molecule has 90 valence electrons. The van der Waals surface area contributed by atoms with Gasteiger partial charge in [-0.3, -0.25) is 9.89 Å². The zero-order valence-electron chi connectivity index (χ0n) is 8.98. The lowest BCUT2D eigenvalue weighted by Crippen LogP contribution is -2.26. The number of ether oxygens (including phenoxy) is 1. The molecule has 0 aliphatic heterocycles. The monoisotopic (exact) mass is 247 g/mol. The average molecular weight is 247 g/mol. The Bertz CT molecular complexity index is 465. The van der Waals surface area contributed by atoms with Crippen LogP contribution in [0.2, 0.25) is 0 Å². The Balaban J connectivity index is 2.60. The maximum atomic E-state index is 11.7. The number of hydrogen-bond acceptors (Lipinski definition) is 5. The maximum Gasteiger partial charge on any atom is 0.306 e. The first-order valence-electron chi connectivity index (χ1n) is 4.54. The fourth-order valence-electron chi connectivity index (χ4n) is 1.08.